The molecule has 0 N–H and O–H groups in total. The fraction of sp³-hybridized carbons (Fsp3) is 0.333. The molecule has 98 valence electrons. The number of benzene rings is 1. The number of rotatable bonds is 4. The van der Waals surface area contributed by atoms with Crippen LogP contribution in [-0.4, -0.2) is 0 Å². The first-order valence-electron chi connectivity index (χ1n) is 6.91. The van der Waals surface area contributed by atoms with Gasteiger partial charge in [-0.25, -0.2) is 0 Å². The zero-order valence-corrected chi connectivity index (χ0v) is 11.6. The molecule has 0 spiro atoms. The van der Waals surface area contributed by atoms with Crippen molar-refractivity contribution in [1.29, 1.82) is 0 Å². The summed E-state index contributed by atoms with van der Waals surface area (Å²) >= 11 is 0. The van der Waals surface area contributed by atoms with Crippen molar-refractivity contribution in [3.05, 3.63) is 59.5 Å². The highest BCUT2D eigenvalue weighted by atomic mass is 16.3. The van der Waals surface area contributed by atoms with E-state index in [4.69, 9.17) is 4.42 Å². The van der Waals surface area contributed by atoms with E-state index >= 15 is 0 Å². The Hall–Kier alpha value is -1.94. The minimum absolute atomic E-state index is 0.0479. The van der Waals surface area contributed by atoms with E-state index in [0.717, 1.165) is 24.4 Å². The van der Waals surface area contributed by atoms with Crippen LogP contribution >= 0.6 is 0 Å². The molecule has 0 aliphatic heterocycles. The summed E-state index contributed by atoms with van der Waals surface area (Å²) in [7, 11) is 0. The Morgan fingerprint density at radius 2 is 1.89 bits per heavy atom. The molecule has 2 aromatic rings. The number of furan rings is 1. The van der Waals surface area contributed by atoms with Crippen LogP contribution in [0.15, 0.2) is 46.9 Å². The molecule has 1 aromatic heterocycles. The first-order valence-corrected chi connectivity index (χ1v) is 6.91. The Morgan fingerprint density at radius 3 is 2.53 bits per heavy atom. The molecule has 1 heterocycles. The summed E-state index contributed by atoms with van der Waals surface area (Å²) in [6.07, 6.45) is 3.30. The Bertz CT molecular complexity index is 554. The maximum absolute atomic E-state index is 5.75. The summed E-state index contributed by atoms with van der Waals surface area (Å²) in [5, 5.41) is 0. The monoisotopic (exact) mass is 252 g/mol. The molecule has 0 aliphatic rings. The highest BCUT2D eigenvalue weighted by Gasteiger charge is 2.14. The van der Waals surface area contributed by atoms with Gasteiger partial charge in [-0.2, -0.15) is 0 Å². The van der Waals surface area contributed by atoms with Crippen LogP contribution < -0.4 is 0 Å². The van der Waals surface area contributed by atoms with Crippen molar-refractivity contribution in [3.63, 3.8) is 0 Å². The van der Waals surface area contributed by atoms with Gasteiger partial charge >= 0.3 is 0 Å². The van der Waals surface area contributed by atoms with E-state index in [-0.39, 0.29) is 5.92 Å². The maximum Gasteiger partial charge on any atom is 0.123 e. The third kappa shape index (κ3) is 3.76. The molecule has 2 rings (SSSR count). The highest BCUT2D eigenvalue weighted by molar-refractivity contribution is 5.36. The molecule has 1 aromatic carbocycles. The topological polar surface area (TPSA) is 13.1 Å². The first kappa shape index (κ1) is 13.5. The van der Waals surface area contributed by atoms with E-state index in [1.165, 1.54) is 12.0 Å². The SMILES string of the molecule is CCCCC#CC(c1ccccc1)c1ccc(C)o1. The van der Waals surface area contributed by atoms with Crippen molar-refractivity contribution in [2.24, 2.45) is 0 Å². The molecule has 0 amide bonds. The molecule has 1 heteroatoms. The van der Waals surface area contributed by atoms with Crippen molar-refractivity contribution in [2.75, 3.05) is 0 Å². The number of hydrogen-bond donors (Lipinski definition) is 0. The average molecular weight is 252 g/mol. The lowest BCUT2D eigenvalue weighted by Gasteiger charge is -2.08. The van der Waals surface area contributed by atoms with E-state index < -0.39 is 0 Å². The molecule has 0 radical (unpaired) electrons. The molecule has 1 atom stereocenters. The number of aryl methyl sites for hydroxylation is 1. The van der Waals surface area contributed by atoms with E-state index in [1.54, 1.807) is 0 Å². The number of unbranched alkanes of at least 4 members (excludes halogenated alkanes) is 2. The van der Waals surface area contributed by atoms with Gasteiger partial charge in [-0.1, -0.05) is 49.6 Å². The van der Waals surface area contributed by atoms with Crippen LogP contribution in [0.25, 0.3) is 0 Å². The van der Waals surface area contributed by atoms with Gasteiger partial charge in [0.15, 0.2) is 0 Å². The quantitative estimate of drug-likeness (QED) is 0.556. The minimum Gasteiger partial charge on any atom is -0.465 e. The summed E-state index contributed by atoms with van der Waals surface area (Å²) in [4.78, 5) is 0. The predicted octanol–water partition coefficient (Wildman–Crippen LogP) is 4.91. The summed E-state index contributed by atoms with van der Waals surface area (Å²) < 4.78 is 5.75. The largest absolute Gasteiger partial charge is 0.465 e. The van der Waals surface area contributed by atoms with Crippen LogP contribution in [0.3, 0.4) is 0 Å². The summed E-state index contributed by atoms with van der Waals surface area (Å²) in [6, 6.07) is 14.4. The fourth-order valence-electron chi connectivity index (χ4n) is 2.01. The van der Waals surface area contributed by atoms with E-state index in [0.29, 0.717) is 0 Å². The van der Waals surface area contributed by atoms with Crippen molar-refractivity contribution in [1.82, 2.24) is 0 Å². The van der Waals surface area contributed by atoms with Crippen LogP contribution in [0.4, 0.5) is 0 Å². The first-order chi connectivity index (χ1) is 9.31. The smallest absolute Gasteiger partial charge is 0.123 e. The normalized spacial score (nSPS) is 11.7. The molecule has 1 nitrogen and oxygen atoms in total. The molecule has 0 fully saturated rings. The van der Waals surface area contributed by atoms with Gasteiger partial charge in [0.2, 0.25) is 0 Å². The van der Waals surface area contributed by atoms with Gasteiger partial charge in [0, 0.05) is 6.42 Å². The molecular weight excluding hydrogens is 232 g/mol. The van der Waals surface area contributed by atoms with Gasteiger partial charge in [-0.15, -0.1) is 5.92 Å². The Labute approximate surface area is 115 Å². The lowest BCUT2D eigenvalue weighted by atomic mass is 9.97. The van der Waals surface area contributed by atoms with Gasteiger partial charge in [0.05, 0.1) is 0 Å². The van der Waals surface area contributed by atoms with Gasteiger partial charge in [-0.3, -0.25) is 0 Å². The van der Waals surface area contributed by atoms with E-state index in [9.17, 15) is 0 Å². The Balaban J connectivity index is 2.25. The van der Waals surface area contributed by atoms with Gasteiger partial charge in [-0.05, 0) is 31.0 Å². The average Bonchev–Trinajstić information content (AvgIpc) is 2.86. The number of hydrogen-bond acceptors (Lipinski definition) is 1. The fourth-order valence-corrected chi connectivity index (χ4v) is 2.01. The van der Waals surface area contributed by atoms with Crippen LogP contribution in [0.2, 0.25) is 0 Å². The van der Waals surface area contributed by atoms with E-state index in [2.05, 4.69) is 30.9 Å². The van der Waals surface area contributed by atoms with E-state index in [1.807, 2.05) is 37.3 Å². The molecule has 0 aliphatic carbocycles. The Morgan fingerprint density at radius 1 is 1.11 bits per heavy atom. The predicted molar refractivity (Wildman–Crippen MR) is 79.0 cm³/mol. The van der Waals surface area contributed by atoms with Crippen LogP contribution in [-0.2, 0) is 0 Å². The zero-order valence-electron chi connectivity index (χ0n) is 11.6. The van der Waals surface area contributed by atoms with Crippen molar-refractivity contribution < 1.29 is 4.42 Å². The second kappa shape index (κ2) is 6.85. The zero-order chi connectivity index (χ0) is 13.5. The lowest BCUT2D eigenvalue weighted by Crippen LogP contribution is -1.96. The molecule has 19 heavy (non-hydrogen) atoms. The second-order valence-corrected chi connectivity index (χ2v) is 4.72. The van der Waals surface area contributed by atoms with Crippen LogP contribution in [0.5, 0.6) is 0 Å². The van der Waals surface area contributed by atoms with Crippen molar-refractivity contribution in [2.45, 2.75) is 39.0 Å². The minimum atomic E-state index is 0.0479. The lowest BCUT2D eigenvalue weighted by molar-refractivity contribution is 0.483. The molecule has 1 unspecified atom stereocenters. The molecule has 0 saturated carbocycles. The Kier molecular flexibility index (Phi) is 4.86. The summed E-state index contributed by atoms with van der Waals surface area (Å²) in [5.74, 6) is 8.56. The summed E-state index contributed by atoms with van der Waals surface area (Å²) in [5.41, 5.74) is 1.20. The third-order valence-electron chi connectivity index (χ3n) is 3.08. The highest BCUT2D eigenvalue weighted by Crippen LogP contribution is 2.25. The van der Waals surface area contributed by atoms with Crippen LogP contribution in [0, 0.1) is 18.8 Å². The third-order valence-corrected chi connectivity index (χ3v) is 3.08. The standard InChI is InChI=1S/C18H20O/c1-3-4-5-9-12-17(16-10-7-6-8-11-16)18-14-13-15(2)19-18/h6-8,10-11,13-14,17H,3-5H2,1-2H3. The van der Waals surface area contributed by atoms with Gasteiger partial charge in [0.25, 0.3) is 0 Å². The molecule has 0 saturated heterocycles. The van der Waals surface area contributed by atoms with Gasteiger partial charge < -0.3 is 4.42 Å². The van der Waals surface area contributed by atoms with Crippen LogP contribution in [0.1, 0.15) is 49.2 Å². The van der Waals surface area contributed by atoms with Gasteiger partial charge in [0.1, 0.15) is 17.4 Å². The maximum atomic E-state index is 5.75. The summed E-state index contributed by atoms with van der Waals surface area (Å²) in [6.45, 7) is 4.16. The second-order valence-electron chi connectivity index (χ2n) is 4.72. The van der Waals surface area contributed by atoms with Crippen molar-refractivity contribution >= 4 is 0 Å². The molecule has 0 bridgehead atoms. The molecular formula is C18H20O. The van der Waals surface area contributed by atoms with Crippen molar-refractivity contribution in [3.8, 4) is 11.8 Å².